The van der Waals surface area contributed by atoms with Crippen LogP contribution in [0.4, 0.5) is 4.79 Å². The van der Waals surface area contributed by atoms with E-state index >= 15 is 0 Å². The SMILES string of the molecule is COc1ccc(S(=O)(=O)N[C@@H](C)C(=O)OC(C)C(=O)NC(=O)NCc2ccccc2)cc1. The highest BCUT2D eigenvalue weighted by Crippen LogP contribution is 2.15. The lowest BCUT2D eigenvalue weighted by Gasteiger charge is -2.17. The summed E-state index contributed by atoms with van der Waals surface area (Å²) in [7, 11) is -2.56. The van der Waals surface area contributed by atoms with Crippen LogP contribution in [0.1, 0.15) is 19.4 Å². The van der Waals surface area contributed by atoms with Gasteiger partial charge in [0, 0.05) is 6.54 Å². The lowest BCUT2D eigenvalue weighted by Crippen LogP contribution is -2.46. The third kappa shape index (κ3) is 7.36. The fraction of sp³-hybridized carbons (Fsp3) is 0.286. The van der Waals surface area contributed by atoms with Gasteiger partial charge in [0.1, 0.15) is 11.8 Å². The van der Waals surface area contributed by atoms with E-state index in [2.05, 4.69) is 15.4 Å². The van der Waals surface area contributed by atoms with E-state index in [0.717, 1.165) is 5.56 Å². The number of carbonyl (C=O) groups excluding carboxylic acids is 3. The maximum absolute atomic E-state index is 12.4. The van der Waals surface area contributed by atoms with Crippen LogP contribution >= 0.6 is 0 Å². The lowest BCUT2D eigenvalue weighted by atomic mass is 10.2. The van der Waals surface area contributed by atoms with Crippen LogP contribution in [0.2, 0.25) is 0 Å². The van der Waals surface area contributed by atoms with Gasteiger partial charge in [-0.3, -0.25) is 14.9 Å². The molecular formula is C21H25N3O7S. The number of carbonyl (C=O) groups is 3. The van der Waals surface area contributed by atoms with Crippen molar-refractivity contribution in [2.45, 2.75) is 37.4 Å². The molecule has 2 aromatic carbocycles. The van der Waals surface area contributed by atoms with Crippen molar-refractivity contribution in [2.75, 3.05) is 7.11 Å². The number of imide groups is 1. The van der Waals surface area contributed by atoms with Crippen LogP contribution in [-0.4, -0.2) is 45.6 Å². The van der Waals surface area contributed by atoms with Crippen LogP contribution in [0.3, 0.4) is 0 Å². The molecule has 0 bridgehead atoms. The number of hydrogen-bond acceptors (Lipinski definition) is 7. The number of hydrogen-bond donors (Lipinski definition) is 3. The number of esters is 1. The van der Waals surface area contributed by atoms with Crippen LogP contribution in [0.15, 0.2) is 59.5 Å². The fourth-order valence-corrected chi connectivity index (χ4v) is 3.66. The van der Waals surface area contributed by atoms with Crippen molar-refractivity contribution in [1.82, 2.24) is 15.4 Å². The highest BCUT2D eigenvalue weighted by molar-refractivity contribution is 7.89. The number of methoxy groups -OCH3 is 1. The molecule has 0 saturated heterocycles. The molecule has 0 aliphatic carbocycles. The van der Waals surface area contributed by atoms with Crippen molar-refractivity contribution in [2.24, 2.45) is 0 Å². The van der Waals surface area contributed by atoms with E-state index in [1.54, 1.807) is 12.1 Å². The Bertz CT molecular complexity index is 1040. The minimum absolute atomic E-state index is 0.0705. The predicted octanol–water partition coefficient (Wildman–Crippen LogP) is 1.32. The Morgan fingerprint density at radius 2 is 1.59 bits per heavy atom. The third-order valence-electron chi connectivity index (χ3n) is 4.25. The summed E-state index contributed by atoms with van der Waals surface area (Å²) in [6.07, 6.45) is -1.32. The second kappa shape index (κ2) is 11.3. The fourth-order valence-electron chi connectivity index (χ4n) is 2.47. The Kier molecular flexibility index (Phi) is 8.73. The summed E-state index contributed by atoms with van der Waals surface area (Å²) in [5, 5.41) is 4.57. The summed E-state index contributed by atoms with van der Waals surface area (Å²) in [5.41, 5.74) is 0.840. The molecule has 0 aromatic heterocycles. The van der Waals surface area contributed by atoms with E-state index in [-0.39, 0.29) is 11.4 Å². The maximum atomic E-state index is 12.4. The maximum Gasteiger partial charge on any atom is 0.324 e. The second-order valence-corrected chi connectivity index (χ2v) is 8.47. The first kappa shape index (κ1) is 24.8. The molecule has 0 radical (unpaired) electrons. The van der Waals surface area contributed by atoms with Gasteiger partial charge in [-0.05, 0) is 43.7 Å². The topological polar surface area (TPSA) is 140 Å². The Hall–Kier alpha value is -3.44. The van der Waals surface area contributed by atoms with Crippen LogP contribution < -0.4 is 20.1 Å². The van der Waals surface area contributed by atoms with Crippen LogP contribution in [0.25, 0.3) is 0 Å². The first-order valence-electron chi connectivity index (χ1n) is 9.62. The summed E-state index contributed by atoms with van der Waals surface area (Å²) in [6, 6.07) is 12.6. The lowest BCUT2D eigenvalue weighted by molar-refractivity contribution is -0.155. The molecule has 3 amide bonds. The molecule has 3 N–H and O–H groups in total. The van der Waals surface area contributed by atoms with Gasteiger partial charge in [0.15, 0.2) is 6.10 Å². The molecule has 0 spiro atoms. The summed E-state index contributed by atoms with van der Waals surface area (Å²) >= 11 is 0. The summed E-state index contributed by atoms with van der Waals surface area (Å²) in [5.74, 6) is -1.35. The molecule has 32 heavy (non-hydrogen) atoms. The third-order valence-corrected chi connectivity index (χ3v) is 5.81. The molecule has 0 aliphatic rings. The van der Waals surface area contributed by atoms with Gasteiger partial charge in [-0.15, -0.1) is 0 Å². The van der Waals surface area contributed by atoms with E-state index in [0.29, 0.717) is 5.75 Å². The number of urea groups is 1. The van der Waals surface area contributed by atoms with Gasteiger partial charge >= 0.3 is 12.0 Å². The van der Waals surface area contributed by atoms with E-state index in [4.69, 9.17) is 9.47 Å². The van der Waals surface area contributed by atoms with E-state index in [9.17, 15) is 22.8 Å². The molecule has 2 rings (SSSR count). The van der Waals surface area contributed by atoms with Crippen molar-refractivity contribution < 1.29 is 32.3 Å². The summed E-state index contributed by atoms with van der Waals surface area (Å²) in [6.45, 7) is 2.75. The van der Waals surface area contributed by atoms with E-state index in [1.165, 1.54) is 45.2 Å². The molecule has 2 atom stereocenters. The molecule has 172 valence electrons. The monoisotopic (exact) mass is 463 g/mol. The first-order chi connectivity index (χ1) is 15.1. The van der Waals surface area contributed by atoms with Crippen molar-refractivity contribution in [3.8, 4) is 5.75 Å². The molecule has 11 heteroatoms. The highest BCUT2D eigenvalue weighted by atomic mass is 32.2. The van der Waals surface area contributed by atoms with Gasteiger partial charge in [-0.2, -0.15) is 4.72 Å². The average Bonchev–Trinajstić information content (AvgIpc) is 2.78. The van der Waals surface area contributed by atoms with Crippen molar-refractivity contribution in [3.63, 3.8) is 0 Å². The van der Waals surface area contributed by atoms with Gasteiger partial charge in [0.05, 0.1) is 12.0 Å². The van der Waals surface area contributed by atoms with Crippen molar-refractivity contribution in [3.05, 3.63) is 60.2 Å². The zero-order valence-electron chi connectivity index (χ0n) is 17.8. The first-order valence-corrected chi connectivity index (χ1v) is 11.1. The zero-order chi connectivity index (χ0) is 23.7. The largest absolute Gasteiger partial charge is 0.497 e. The zero-order valence-corrected chi connectivity index (χ0v) is 18.6. The highest BCUT2D eigenvalue weighted by Gasteiger charge is 2.27. The average molecular weight is 464 g/mol. The van der Waals surface area contributed by atoms with E-state index < -0.39 is 40.1 Å². The van der Waals surface area contributed by atoms with Crippen molar-refractivity contribution >= 4 is 27.9 Å². The van der Waals surface area contributed by atoms with Crippen LogP contribution in [0.5, 0.6) is 5.75 Å². The molecule has 0 saturated carbocycles. The van der Waals surface area contributed by atoms with Gasteiger partial charge in [-0.25, -0.2) is 13.2 Å². The molecular weight excluding hydrogens is 438 g/mol. The van der Waals surface area contributed by atoms with Crippen molar-refractivity contribution in [1.29, 1.82) is 0 Å². The number of ether oxygens (including phenoxy) is 2. The summed E-state index contributed by atoms with van der Waals surface area (Å²) < 4.78 is 37.0. The van der Waals surface area contributed by atoms with Gasteiger partial charge in [-0.1, -0.05) is 30.3 Å². The number of sulfonamides is 1. The molecule has 0 aliphatic heterocycles. The van der Waals surface area contributed by atoms with E-state index in [1.807, 2.05) is 18.2 Å². The number of benzene rings is 2. The Morgan fingerprint density at radius 1 is 0.969 bits per heavy atom. The molecule has 10 nitrogen and oxygen atoms in total. The normalized spacial score (nSPS) is 12.8. The quantitative estimate of drug-likeness (QED) is 0.477. The van der Waals surface area contributed by atoms with Gasteiger partial charge in [0.25, 0.3) is 5.91 Å². The molecule has 0 fully saturated rings. The number of rotatable bonds is 9. The molecule has 0 heterocycles. The minimum atomic E-state index is -4.01. The Balaban J connectivity index is 1.84. The molecule has 1 unspecified atom stereocenters. The summed E-state index contributed by atoms with van der Waals surface area (Å²) in [4.78, 5) is 36.1. The van der Waals surface area contributed by atoms with Crippen LogP contribution in [0, 0.1) is 0 Å². The second-order valence-electron chi connectivity index (χ2n) is 6.76. The predicted molar refractivity (Wildman–Crippen MR) is 115 cm³/mol. The Morgan fingerprint density at radius 3 is 2.19 bits per heavy atom. The van der Waals surface area contributed by atoms with Gasteiger partial charge < -0.3 is 14.8 Å². The van der Waals surface area contributed by atoms with Gasteiger partial charge in [0.2, 0.25) is 10.0 Å². The Labute approximate surface area is 186 Å². The smallest absolute Gasteiger partial charge is 0.324 e. The number of amides is 3. The van der Waals surface area contributed by atoms with Crippen LogP contribution in [-0.2, 0) is 30.9 Å². The number of nitrogens with one attached hydrogen (secondary N) is 3. The minimum Gasteiger partial charge on any atom is -0.497 e. The molecule has 2 aromatic rings. The standard InChI is InChI=1S/C21H25N3O7S/c1-14(24-32(28,29)18-11-9-17(30-3)10-12-18)20(26)31-15(2)19(25)23-21(27)22-13-16-7-5-4-6-8-16/h4-12,14-15,24H,13H2,1-3H3,(H2,22,23,25,27)/t14-,15?/m0/s1.